The van der Waals surface area contributed by atoms with E-state index in [1.807, 2.05) is 38.1 Å². The van der Waals surface area contributed by atoms with Gasteiger partial charge in [0.1, 0.15) is 0 Å². The minimum Gasteiger partial charge on any atom is -0.316 e. The molecule has 1 heterocycles. The Morgan fingerprint density at radius 1 is 1.22 bits per heavy atom. The van der Waals surface area contributed by atoms with Crippen LogP contribution in [0.1, 0.15) is 34.2 Å². The molecule has 2 nitrogen and oxygen atoms in total. The molecular weight excluding hydrogens is 246 g/mol. The number of rotatable bonds is 3. The van der Waals surface area contributed by atoms with Crippen molar-refractivity contribution in [2.75, 3.05) is 0 Å². The van der Waals surface area contributed by atoms with Gasteiger partial charge in [0.15, 0.2) is 6.29 Å². The molecule has 18 heavy (non-hydrogen) atoms. The second-order valence-corrected chi connectivity index (χ2v) is 4.73. The summed E-state index contributed by atoms with van der Waals surface area (Å²) in [5, 5.41) is 0.693. The molecule has 0 aliphatic rings. The van der Waals surface area contributed by atoms with Crippen LogP contribution in [-0.4, -0.2) is 10.9 Å². The molecule has 94 valence electrons. The topological polar surface area (TPSA) is 22.0 Å². The van der Waals surface area contributed by atoms with Crippen molar-refractivity contribution in [2.24, 2.45) is 0 Å². The third-order valence-corrected chi connectivity index (χ3v) is 3.71. The van der Waals surface area contributed by atoms with Crippen molar-refractivity contribution in [2.45, 2.75) is 27.2 Å². The zero-order valence-corrected chi connectivity index (χ0v) is 11.6. The summed E-state index contributed by atoms with van der Waals surface area (Å²) in [7, 11) is 0. The van der Waals surface area contributed by atoms with E-state index in [1.54, 1.807) is 0 Å². The molecule has 0 fully saturated rings. The number of hydrogen-bond donors (Lipinski definition) is 0. The average Bonchev–Trinajstić information content (AvgIpc) is 2.61. The fourth-order valence-electron chi connectivity index (χ4n) is 2.52. The van der Waals surface area contributed by atoms with Gasteiger partial charge in [0.2, 0.25) is 0 Å². The summed E-state index contributed by atoms with van der Waals surface area (Å²) in [5.74, 6) is 0. The molecule has 0 saturated heterocycles. The van der Waals surface area contributed by atoms with Crippen molar-refractivity contribution in [3.63, 3.8) is 0 Å². The van der Waals surface area contributed by atoms with Crippen LogP contribution in [0, 0.1) is 13.8 Å². The van der Waals surface area contributed by atoms with E-state index in [-0.39, 0.29) is 0 Å². The first-order valence-electron chi connectivity index (χ1n) is 6.02. The van der Waals surface area contributed by atoms with Crippen LogP contribution in [0.15, 0.2) is 24.3 Å². The number of hydrogen-bond acceptors (Lipinski definition) is 1. The van der Waals surface area contributed by atoms with Gasteiger partial charge < -0.3 is 4.57 Å². The van der Waals surface area contributed by atoms with Gasteiger partial charge in [-0.05, 0) is 38.0 Å². The highest BCUT2D eigenvalue weighted by Crippen LogP contribution is 2.29. The quantitative estimate of drug-likeness (QED) is 0.762. The van der Waals surface area contributed by atoms with E-state index < -0.39 is 0 Å². The zero-order chi connectivity index (χ0) is 13.3. The summed E-state index contributed by atoms with van der Waals surface area (Å²) in [5.41, 5.74) is 4.85. The van der Waals surface area contributed by atoms with Crippen molar-refractivity contribution in [1.82, 2.24) is 4.57 Å². The Morgan fingerprint density at radius 2 is 1.89 bits per heavy atom. The van der Waals surface area contributed by atoms with E-state index in [4.69, 9.17) is 11.6 Å². The Labute approximate surface area is 112 Å². The van der Waals surface area contributed by atoms with Crippen LogP contribution in [0.3, 0.4) is 0 Å². The van der Waals surface area contributed by atoms with E-state index in [0.717, 1.165) is 40.9 Å². The molecule has 3 heteroatoms. The largest absolute Gasteiger partial charge is 0.316 e. The number of aromatic nitrogens is 1. The van der Waals surface area contributed by atoms with Gasteiger partial charge in [-0.1, -0.05) is 30.7 Å². The lowest BCUT2D eigenvalue weighted by Crippen LogP contribution is -2.00. The van der Waals surface area contributed by atoms with Gasteiger partial charge in [-0.25, -0.2) is 0 Å². The summed E-state index contributed by atoms with van der Waals surface area (Å²) in [6, 6.07) is 7.69. The number of aldehydes is 1. The van der Waals surface area contributed by atoms with Crippen molar-refractivity contribution in [3.8, 4) is 5.69 Å². The first-order valence-corrected chi connectivity index (χ1v) is 6.40. The molecule has 0 spiro atoms. The molecule has 0 saturated carbocycles. The molecule has 0 amide bonds. The summed E-state index contributed by atoms with van der Waals surface area (Å²) >= 11 is 6.24. The van der Waals surface area contributed by atoms with Crippen molar-refractivity contribution in [1.29, 1.82) is 0 Å². The molecule has 0 aliphatic carbocycles. The highest BCUT2D eigenvalue weighted by molar-refractivity contribution is 6.32. The highest BCUT2D eigenvalue weighted by atomic mass is 35.5. The highest BCUT2D eigenvalue weighted by Gasteiger charge is 2.17. The first-order chi connectivity index (χ1) is 8.61. The molecule has 0 N–H and O–H groups in total. The second-order valence-electron chi connectivity index (χ2n) is 4.32. The van der Waals surface area contributed by atoms with Crippen molar-refractivity contribution >= 4 is 17.9 Å². The van der Waals surface area contributed by atoms with Gasteiger partial charge in [-0.2, -0.15) is 0 Å². The first kappa shape index (κ1) is 12.9. The minimum atomic E-state index is 0.693. The van der Waals surface area contributed by atoms with Crippen LogP contribution in [0.2, 0.25) is 5.02 Å². The Kier molecular flexibility index (Phi) is 3.58. The van der Waals surface area contributed by atoms with Gasteiger partial charge in [0.05, 0.1) is 10.7 Å². The Balaban J connectivity index is 2.77. The maximum atomic E-state index is 11.2. The van der Waals surface area contributed by atoms with Gasteiger partial charge in [-0.3, -0.25) is 4.79 Å². The standard InChI is InChI=1S/C15H16ClNO/c1-4-12-10(2)17(11(3)13(12)9-18)15-8-6-5-7-14(15)16/h5-9H,4H2,1-3H3. The predicted octanol–water partition coefficient (Wildman–Crippen LogP) is 4.12. The van der Waals surface area contributed by atoms with Gasteiger partial charge >= 0.3 is 0 Å². The maximum absolute atomic E-state index is 11.2. The molecule has 0 atom stereocenters. The van der Waals surface area contributed by atoms with Crippen LogP contribution in [-0.2, 0) is 6.42 Å². The fraction of sp³-hybridized carbons (Fsp3) is 0.267. The Hall–Kier alpha value is -1.54. The number of para-hydroxylation sites is 1. The fourth-order valence-corrected chi connectivity index (χ4v) is 2.74. The van der Waals surface area contributed by atoms with Crippen molar-refractivity contribution < 1.29 is 4.79 Å². The van der Waals surface area contributed by atoms with Gasteiger partial charge in [0, 0.05) is 17.0 Å². The molecule has 0 bridgehead atoms. The summed E-state index contributed by atoms with van der Waals surface area (Å²) in [6.45, 7) is 6.05. The number of carbonyl (C=O) groups is 1. The molecule has 1 aromatic carbocycles. The lowest BCUT2D eigenvalue weighted by molar-refractivity contribution is 0.112. The average molecular weight is 262 g/mol. The van der Waals surface area contributed by atoms with Gasteiger partial charge in [0.25, 0.3) is 0 Å². The Bertz CT molecular complexity index is 599. The van der Waals surface area contributed by atoms with E-state index in [0.29, 0.717) is 5.02 Å². The summed E-state index contributed by atoms with van der Waals surface area (Å²) in [6.07, 6.45) is 1.78. The molecule has 0 unspecified atom stereocenters. The molecular formula is C15H16ClNO. The predicted molar refractivity (Wildman–Crippen MR) is 75.0 cm³/mol. The monoisotopic (exact) mass is 261 g/mol. The SMILES string of the molecule is CCc1c(C=O)c(C)n(-c2ccccc2Cl)c1C. The number of nitrogens with zero attached hydrogens (tertiary/aromatic N) is 1. The van der Waals surface area contributed by atoms with Crippen LogP contribution in [0.25, 0.3) is 5.69 Å². The molecule has 0 aliphatic heterocycles. The third kappa shape index (κ3) is 1.87. The smallest absolute Gasteiger partial charge is 0.152 e. The van der Waals surface area contributed by atoms with Crippen LogP contribution in [0.5, 0.6) is 0 Å². The van der Waals surface area contributed by atoms with Crippen LogP contribution in [0.4, 0.5) is 0 Å². The third-order valence-electron chi connectivity index (χ3n) is 3.39. The lowest BCUT2D eigenvalue weighted by Gasteiger charge is -2.11. The van der Waals surface area contributed by atoms with E-state index >= 15 is 0 Å². The molecule has 2 aromatic rings. The summed E-state index contributed by atoms with van der Waals surface area (Å²) < 4.78 is 2.06. The summed E-state index contributed by atoms with van der Waals surface area (Å²) in [4.78, 5) is 11.2. The second kappa shape index (κ2) is 4.99. The number of halogens is 1. The van der Waals surface area contributed by atoms with E-state index in [2.05, 4.69) is 11.5 Å². The number of benzene rings is 1. The maximum Gasteiger partial charge on any atom is 0.152 e. The van der Waals surface area contributed by atoms with E-state index in [1.165, 1.54) is 0 Å². The lowest BCUT2D eigenvalue weighted by atomic mass is 10.1. The normalized spacial score (nSPS) is 10.7. The van der Waals surface area contributed by atoms with Crippen molar-refractivity contribution in [3.05, 3.63) is 51.8 Å². The number of carbonyl (C=O) groups excluding carboxylic acids is 1. The molecule has 2 rings (SSSR count). The van der Waals surface area contributed by atoms with Crippen LogP contribution >= 0.6 is 11.6 Å². The van der Waals surface area contributed by atoms with E-state index in [9.17, 15) is 4.79 Å². The zero-order valence-electron chi connectivity index (χ0n) is 10.8. The molecule has 0 radical (unpaired) electrons. The Morgan fingerprint density at radius 3 is 2.39 bits per heavy atom. The molecule has 1 aromatic heterocycles. The minimum absolute atomic E-state index is 0.693. The van der Waals surface area contributed by atoms with Crippen LogP contribution < -0.4 is 0 Å². The van der Waals surface area contributed by atoms with Gasteiger partial charge in [-0.15, -0.1) is 0 Å².